The highest BCUT2D eigenvalue weighted by Crippen LogP contribution is 2.60. The first-order chi connectivity index (χ1) is 13.0. The Morgan fingerprint density at radius 2 is 1.39 bits per heavy atom. The number of carbonyl (C=O) groups is 1. The second-order valence-corrected chi connectivity index (χ2v) is 10.7. The first-order valence-corrected chi connectivity index (χ1v) is 11.9. The van der Waals surface area contributed by atoms with Crippen LogP contribution in [-0.2, 0) is 9.53 Å². The second-order valence-electron chi connectivity index (χ2n) is 10.7. The molecule has 0 unspecified atom stereocenters. The molecule has 0 aromatic carbocycles. The van der Waals surface area contributed by atoms with Crippen molar-refractivity contribution in [2.75, 3.05) is 27.2 Å². The van der Waals surface area contributed by atoms with Gasteiger partial charge in [-0.1, -0.05) is 32.6 Å². The fourth-order valence-electron chi connectivity index (χ4n) is 6.95. The lowest BCUT2D eigenvalue weighted by molar-refractivity contribution is -0.890. The molecular weight excluding hydrogens is 414 g/mol. The van der Waals surface area contributed by atoms with Crippen LogP contribution in [0.3, 0.4) is 0 Å². The van der Waals surface area contributed by atoms with Gasteiger partial charge in [-0.15, -0.1) is 0 Å². The molecular formula is C24H44BrNO2. The summed E-state index contributed by atoms with van der Waals surface area (Å²) < 4.78 is 7.09. The highest BCUT2D eigenvalue weighted by molar-refractivity contribution is 5.39. The van der Waals surface area contributed by atoms with Crippen molar-refractivity contribution in [2.24, 2.45) is 23.7 Å². The Kier molecular flexibility index (Phi) is 9.32. The van der Waals surface area contributed by atoms with Crippen molar-refractivity contribution in [1.82, 2.24) is 0 Å². The zero-order valence-corrected chi connectivity index (χ0v) is 20.2. The average molecular weight is 459 g/mol. The number of carbonyl (C=O) groups excluding carboxylic acids is 1. The van der Waals surface area contributed by atoms with Crippen LogP contribution >= 0.6 is 0 Å². The van der Waals surface area contributed by atoms with Gasteiger partial charge in [0.1, 0.15) is 5.60 Å². The number of rotatable bonds is 13. The third-order valence-corrected chi connectivity index (χ3v) is 8.24. The van der Waals surface area contributed by atoms with E-state index in [0.717, 1.165) is 29.2 Å². The van der Waals surface area contributed by atoms with Crippen LogP contribution in [0.2, 0.25) is 0 Å². The summed E-state index contributed by atoms with van der Waals surface area (Å²) in [6, 6.07) is 0. The second kappa shape index (κ2) is 10.8. The van der Waals surface area contributed by atoms with Crippen LogP contribution < -0.4 is 17.0 Å². The average Bonchev–Trinajstić information content (AvgIpc) is 2.61. The van der Waals surface area contributed by atoms with Crippen molar-refractivity contribution in [3.05, 3.63) is 0 Å². The molecule has 0 saturated heterocycles. The molecule has 0 amide bonds. The van der Waals surface area contributed by atoms with Crippen molar-refractivity contribution in [3.8, 4) is 0 Å². The first-order valence-electron chi connectivity index (χ1n) is 11.9. The molecule has 164 valence electrons. The van der Waals surface area contributed by atoms with E-state index >= 15 is 0 Å². The number of hydrogen-bond donors (Lipinski definition) is 0. The quantitative estimate of drug-likeness (QED) is 0.241. The van der Waals surface area contributed by atoms with Gasteiger partial charge in [-0.3, -0.25) is 4.79 Å². The molecule has 0 atom stereocenters. The van der Waals surface area contributed by atoms with Gasteiger partial charge in [-0.25, -0.2) is 0 Å². The van der Waals surface area contributed by atoms with Gasteiger partial charge in [-0.05, 0) is 75.0 Å². The molecule has 4 saturated carbocycles. The molecule has 0 aromatic heterocycles. The fraction of sp³-hybridized carbons (Fsp3) is 0.958. The highest BCUT2D eigenvalue weighted by Gasteiger charge is 2.58. The van der Waals surface area contributed by atoms with Crippen molar-refractivity contribution in [2.45, 2.75) is 96.0 Å². The van der Waals surface area contributed by atoms with E-state index < -0.39 is 0 Å². The number of nitrogens with zero attached hydrogens (tertiary/aromatic N) is 1. The normalized spacial score (nSPS) is 33.5. The zero-order valence-electron chi connectivity index (χ0n) is 18.6. The van der Waals surface area contributed by atoms with Crippen molar-refractivity contribution >= 4 is 6.47 Å². The molecule has 0 spiro atoms. The van der Waals surface area contributed by atoms with Crippen molar-refractivity contribution < 1.29 is 31.0 Å². The van der Waals surface area contributed by atoms with E-state index in [0.29, 0.717) is 11.8 Å². The third kappa shape index (κ3) is 5.74. The Balaban J connectivity index is 0.00000280. The van der Waals surface area contributed by atoms with E-state index in [-0.39, 0.29) is 22.6 Å². The molecule has 0 aliphatic heterocycles. The van der Waals surface area contributed by atoms with Crippen molar-refractivity contribution in [3.63, 3.8) is 0 Å². The van der Waals surface area contributed by atoms with Crippen LogP contribution in [0.5, 0.6) is 0 Å². The fourth-order valence-corrected chi connectivity index (χ4v) is 6.95. The van der Waals surface area contributed by atoms with Gasteiger partial charge in [0.25, 0.3) is 6.47 Å². The smallest absolute Gasteiger partial charge is 0.293 e. The lowest BCUT2D eigenvalue weighted by Gasteiger charge is -2.60. The SMILES string of the molecule is CCCCCCCC[N+](C)(C)CCCC1(OC=O)C2CC3CC(C2)CC1C3.[Br-]. The molecule has 4 aliphatic carbocycles. The Labute approximate surface area is 184 Å². The number of quaternary nitrogens is 1. The molecule has 28 heavy (non-hydrogen) atoms. The van der Waals surface area contributed by atoms with Gasteiger partial charge in [0, 0.05) is 6.42 Å². The molecule has 0 radical (unpaired) electrons. The number of unbranched alkanes of at least 4 members (excludes halogenated alkanes) is 5. The van der Waals surface area contributed by atoms with Crippen LogP contribution in [0.1, 0.15) is 90.4 Å². The molecule has 4 heteroatoms. The summed E-state index contributed by atoms with van der Waals surface area (Å²) in [5.74, 6) is 3.15. The zero-order chi connectivity index (χ0) is 19.3. The topological polar surface area (TPSA) is 26.3 Å². The standard InChI is InChI=1S/C24H44NO2.BrH/c1-4-5-6-7-8-9-12-25(2,3)13-10-11-24(27-19-26)22-15-20-14-21(17-22)18-23(24)16-20;/h19-23H,4-18H2,1-3H3;1H/q+1;/p-1. The summed E-state index contributed by atoms with van der Waals surface area (Å²) in [7, 11) is 4.77. The van der Waals surface area contributed by atoms with Gasteiger partial charge < -0.3 is 26.2 Å². The minimum atomic E-state index is -0.116. The summed E-state index contributed by atoms with van der Waals surface area (Å²) in [6.07, 6.45) is 17.3. The molecule has 4 aliphatic rings. The van der Waals surface area contributed by atoms with Crippen LogP contribution in [-0.4, -0.2) is 43.7 Å². The van der Waals surface area contributed by atoms with Gasteiger partial charge in [-0.2, -0.15) is 0 Å². The molecule has 0 aromatic rings. The van der Waals surface area contributed by atoms with Crippen molar-refractivity contribution in [1.29, 1.82) is 0 Å². The molecule has 4 fully saturated rings. The minimum Gasteiger partial charge on any atom is -1.00 e. The molecule has 4 bridgehead atoms. The van der Waals surface area contributed by atoms with Gasteiger partial charge in [0.15, 0.2) is 0 Å². The monoisotopic (exact) mass is 457 g/mol. The highest BCUT2D eigenvalue weighted by atomic mass is 79.9. The summed E-state index contributed by atoms with van der Waals surface area (Å²) in [6.45, 7) is 5.55. The van der Waals surface area contributed by atoms with E-state index in [1.165, 1.54) is 90.1 Å². The van der Waals surface area contributed by atoms with Crippen LogP contribution in [0.4, 0.5) is 0 Å². The maximum Gasteiger partial charge on any atom is 0.293 e. The maximum atomic E-state index is 11.4. The minimum absolute atomic E-state index is 0. The van der Waals surface area contributed by atoms with Gasteiger partial charge in [0.05, 0.1) is 27.2 Å². The first kappa shape index (κ1) is 24.2. The molecule has 3 nitrogen and oxygen atoms in total. The summed E-state index contributed by atoms with van der Waals surface area (Å²) >= 11 is 0. The Morgan fingerprint density at radius 3 is 1.96 bits per heavy atom. The molecule has 0 N–H and O–H groups in total. The number of ether oxygens (including phenoxy) is 1. The van der Waals surface area contributed by atoms with E-state index in [9.17, 15) is 4.79 Å². The molecule has 0 heterocycles. The number of hydrogen-bond acceptors (Lipinski definition) is 2. The van der Waals surface area contributed by atoms with E-state index in [2.05, 4.69) is 21.0 Å². The maximum absolute atomic E-state index is 11.4. The summed E-state index contributed by atoms with van der Waals surface area (Å²) in [5.41, 5.74) is -0.116. The van der Waals surface area contributed by atoms with Crippen LogP contribution in [0.15, 0.2) is 0 Å². The largest absolute Gasteiger partial charge is 1.00 e. The van der Waals surface area contributed by atoms with E-state index in [1.54, 1.807) is 0 Å². The van der Waals surface area contributed by atoms with E-state index in [1.807, 2.05) is 0 Å². The van der Waals surface area contributed by atoms with Crippen LogP contribution in [0.25, 0.3) is 0 Å². The van der Waals surface area contributed by atoms with Gasteiger partial charge >= 0.3 is 0 Å². The van der Waals surface area contributed by atoms with E-state index in [4.69, 9.17) is 4.74 Å². The Morgan fingerprint density at radius 1 is 0.857 bits per heavy atom. The van der Waals surface area contributed by atoms with Gasteiger partial charge in [0.2, 0.25) is 0 Å². The van der Waals surface area contributed by atoms with Crippen LogP contribution in [0, 0.1) is 23.7 Å². The predicted octanol–water partition coefficient (Wildman–Crippen LogP) is 2.58. The summed E-state index contributed by atoms with van der Waals surface area (Å²) in [4.78, 5) is 11.4. The Hall–Kier alpha value is -0.0900. The lowest BCUT2D eigenvalue weighted by atomic mass is 9.49. The lowest BCUT2D eigenvalue weighted by Crippen LogP contribution is -3.00. The molecule has 4 rings (SSSR count). The number of halogens is 1. The predicted molar refractivity (Wildman–Crippen MR) is 111 cm³/mol. The third-order valence-electron chi connectivity index (χ3n) is 8.24. The summed E-state index contributed by atoms with van der Waals surface area (Å²) in [5, 5.41) is 0. The Bertz CT molecular complexity index is 451.